The van der Waals surface area contributed by atoms with Crippen molar-refractivity contribution in [1.82, 2.24) is 19.1 Å². The summed E-state index contributed by atoms with van der Waals surface area (Å²) in [6.07, 6.45) is 1.10. The minimum atomic E-state index is -0.760. The molecule has 1 atom stereocenters. The number of aliphatic hydroxyl groups is 1. The van der Waals surface area contributed by atoms with E-state index in [1.807, 2.05) is 0 Å². The predicted molar refractivity (Wildman–Crippen MR) is 65.3 cm³/mol. The average molecular weight is 250 g/mol. The SMILES string of the molecule is CC[C@H](O)c1cnc2c(n1)c(=O)n(C)c(=O)n2C. The van der Waals surface area contributed by atoms with E-state index in [0.29, 0.717) is 12.1 Å². The van der Waals surface area contributed by atoms with Crippen molar-refractivity contribution >= 4 is 11.2 Å². The van der Waals surface area contributed by atoms with Crippen LogP contribution in [0.2, 0.25) is 0 Å². The van der Waals surface area contributed by atoms with Gasteiger partial charge < -0.3 is 5.11 Å². The lowest BCUT2D eigenvalue weighted by Gasteiger charge is -2.09. The summed E-state index contributed by atoms with van der Waals surface area (Å²) >= 11 is 0. The molecule has 0 saturated heterocycles. The van der Waals surface area contributed by atoms with Gasteiger partial charge in [-0.25, -0.2) is 14.8 Å². The minimum Gasteiger partial charge on any atom is -0.387 e. The van der Waals surface area contributed by atoms with E-state index in [1.54, 1.807) is 6.92 Å². The van der Waals surface area contributed by atoms with Crippen molar-refractivity contribution in [1.29, 1.82) is 0 Å². The van der Waals surface area contributed by atoms with Crippen LogP contribution in [0.15, 0.2) is 15.8 Å². The number of aromatic nitrogens is 4. The van der Waals surface area contributed by atoms with Gasteiger partial charge >= 0.3 is 5.69 Å². The third-order valence-corrected chi connectivity index (χ3v) is 2.90. The van der Waals surface area contributed by atoms with E-state index in [0.717, 1.165) is 4.57 Å². The summed E-state index contributed by atoms with van der Waals surface area (Å²) in [5.41, 5.74) is -0.322. The second-order valence-corrected chi connectivity index (χ2v) is 4.10. The molecule has 7 heteroatoms. The Morgan fingerprint density at radius 3 is 2.61 bits per heavy atom. The van der Waals surface area contributed by atoms with E-state index in [4.69, 9.17) is 0 Å². The van der Waals surface area contributed by atoms with Crippen LogP contribution in [0.25, 0.3) is 11.2 Å². The van der Waals surface area contributed by atoms with E-state index in [9.17, 15) is 14.7 Å². The Kier molecular flexibility index (Phi) is 3.00. The van der Waals surface area contributed by atoms with E-state index >= 15 is 0 Å². The monoisotopic (exact) mass is 250 g/mol. The Hall–Kier alpha value is -2.02. The number of fused-ring (bicyclic) bond motifs is 1. The molecular weight excluding hydrogens is 236 g/mol. The van der Waals surface area contributed by atoms with Crippen LogP contribution in [0, 0.1) is 0 Å². The van der Waals surface area contributed by atoms with Crippen LogP contribution in [0.3, 0.4) is 0 Å². The molecule has 0 unspecified atom stereocenters. The van der Waals surface area contributed by atoms with Gasteiger partial charge in [-0.15, -0.1) is 0 Å². The fraction of sp³-hybridized carbons (Fsp3) is 0.455. The molecule has 2 aromatic heterocycles. The van der Waals surface area contributed by atoms with Crippen LogP contribution < -0.4 is 11.2 Å². The summed E-state index contributed by atoms with van der Waals surface area (Å²) in [4.78, 5) is 31.8. The number of rotatable bonds is 2. The lowest BCUT2D eigenvalue weighted by atomic mass is 10.2. The van der Waals surface area contributed by atoms with Crippen molar-refractivity contribution < 1.29 is 5.11 Å². The lowest BCUT2D eigenvalue weighted by Crippen LogP contribution is -2.37. The first-order valence-corrected chi connectivity index (χ1v) is 5.58. The summed E-state index contributed by atoms with van der Waals surface area (Å²) in [5, 5.41) is 9.69. The molecule has 0 spiro atoms. The van der Waals surface area contributed by atoms with Crippen LogP contribution in [-0.4, -0.2) is 24.2 Å². The zero-order valence-corrected chi connectivity index (χ0v) is 10.4. The molecule has 96 valence electrons. The number of aryl methyl sites for hydroxylation is 1. The Labute approximate surface area is 102 Å². The molecule has 0 amide bonds. The predicted octanol–water partition coefficient (Wildman–Crippen LogP) is -0.529. The van der Waals surface area contributed by atoms with Gasteiger partial charge in [-0.1, -0.05) is 6.92 Å². The highest BCUT2D eigenvalue weighted by molar-refractivity contribution is 5.68. The molecule has 1 N–H and O–H groups in total. The van der Waals surface area contributed by atoms with Gasteiger partial charge in [-0.3, -0.25) is 13.9 Å². The third kappa shape index (κ3) is 1.72. The molecule has 0 fully saturated rings. The highest BCUT2D eigenvalue weighted by atomic mass is 16.3. The van der Waals surface area contributed by atoms with E-state index in [1.165, 1.54) is 24.9 Å². The topological polar surface area (TPSA) is 90.0 Å². The molecule has 7 nitrogen and oxygen atoms in total. The van der Waals surface area contributed by atoms with Gasteiger partial charge in [-0.05, 0) is 6.42 Å². The molecular formula is C11H14N4O3. The number of nitrogens with zero attached hydrogens (tertiary/aromatic N) is 4. The molecule has 2 heterocycles. The maximum Gasteiger partial charge on any atom is 0.332 e. The molecule has 0 aliphatic heterocycles. The zero-order chi connectivity index (χ0) is 13.4. The van der Waals surface area contributed by atoms with Gasteiger partial charge in [0, 0.05) is 14.1 Å². The van der Waals surface area contributed by atoms with E-state index in [-0.39, 0.29) is 11.2 Å². The largest absolute Gasteiger partial charge is 0.387 e. The summed E-state index contributed by atoms with van der Waals surface area (Å²) in [6, 6.07) is 0. The van der Waals surface area contributed by atoms with Crippen LogP contribution in [0.1, 0.15) is 25.1 Å². The molecule has 0 bridgehead atoms. The van der Waals surface area contributed by atoms with Crippen molar-refractivity contribution in [3.05, 3.63) is 32.7 Å². The molecule has 0 saturated carbocycles. The minimum absolute atomic E-state index is 0.0876. The van der Waals surface area contributed by atoms with Crippen molar-refractivity contribution in [2.45, 2.75) is 19.4 Å². The van der Waals surface area contributed by atoms with E-state index in [2.05, 4.69) is 9.97 Å². The first kappa shape index (κ1) is 12.4. The summed E-state index contributed by atoms with van der Waals surface area (Å²) in [5.74, 6) is 0. The second-order valence-electron chi connectivity index (χ2n) is 4.10. The molecule has 18 heavy (non-hydrogen) atoms. The van der Waals surface area contributed by atoms with Crippen LogP contribution in [-0.2, 0) is 14.1 Å². The third-order valence-electron chi connectivity index (χ3n) is 2.90. The molecule has 0 aliphatic carbocycles. The van der Waals surface area contributed by atoms with Crippen LogP contribution in [0.5, 0.6) is 0 Å². The first-order chi connectivity index (χ1) is 8.47. The molecule has 0 aliphatic rings. The highest BCUT2D eigenvalue weighted by Gasteiger charge is 2.14. The van der Waals surface area contributed by atoms with Gasteiger partial charge in [0.15, 0.2) is 11.2 Å². The van der Waals surface area contributed by atoms with E-state index < -0.39 is 17.4 Å². The first-order valence-electron chi connectivity index (χ1n) is 5.58. The fourth-order valence-corrected chi connectivity index (χ4v) is 1.72. The molecule has 0 aromatic carbocycles. The Morgan fingerprint density at radius 2 is 2.00 bits per heavy atom. The van der Waals surface area contributed by atoms with Gasteiger partial charge in [0.2, 0.25) is 0 Å². The fourth-order valence-electron chi connectivity index (χ4n) is 1.72. The Balaban J connectivity index is 2.87. The standard InChI is InChI=1S/C11H14N4O3/c1-4-7(16)6-5-12-9-8(13-6)10(17)15(3)11(18)14(9)2/h5,7,16H,4H2,1-3H3/t7-/m0/s1. The van der Waals surface area contributed by atoms with Gasteiger partial charge in [0.05, 0.1) is 18.0 Å². The van der Waals surface area contributed by atoms with Crippen molar-refractivity contribution in [3.8, 4) is 0 Å². The lowest BCUT2D eigenvalue weighted by molar-refractivity contribution is 0.169. The number of hydrogen-bond donors (Lipinski definition) is 1. The smallest absolute Gasteiger partial charge is 0.332 e. The number of aliphatic hydroxyl groups excluding tert-OH is 1. The van der Waals surface area contributed by atoms with Crippen LogP contribution >= 0.6 is 0 Å². The van der Waals surface area contributed by atoms with Gasteiger partial charge in [0.25, 0.3) is 5.56 Å². The summed E-state index contributed by atoms with van der Waals surface area (Å²) < 4.78 is 2.23. The zero-order valence-electron chi connectivity index (χ0n) is 10.4. The van der Waals surface area contributed by atoms with Crippen molar-refractivity contribution in [2.24, 2.45) is 14.1 Å². The Bertz CT molecular complexity index is 717. The summed E-state index contributed by atoms with van der Waals surface area (Å²) in [6.45, 7) is 1.80. The van der Waals surface area contributed by atoms with Gasteiger partial charge in [0.1, 0.15) is 0 Å². The number of hydrogen-bond acceptors (Lipinski definition) is 5. The van der Waals surface area contributed by atoms with Gasteiger partial charge in [-0.2, -0.15) is 0 Å². The quantitative estimate of drug-likeness (QED) is 0.773. The second kappa shape index (κ2) is 4.34. The van der Waals surface area contributed by atoms with Crippen molar-refractivity contribution in [3.63, 3.8) is 0 Å². The maximum atomic E-state index is 11.9. The molecule has 2 rings (SSSR count). The van der Waals surface area contributed by atoms with Crippen LogP contribution in [0.4, 0.5) is 0 Å². The maximum absolute atomic E-state index is 11.9. The Morgan fingerprint density at radius 1 is 1.33 bits per heavy atom. The average Bonchev–Trinajstić information content (AvgIpc) is 2.41. The highest BCUT2D eigenvalue weighted by Crippen LogP contribution is 2.13. The normalized spacial score (nSPS) is 12.9. The summed E-state index contributed by atoms with van der Waals surface area (Å²) in [7, 11) is 2.91. The molecule has 0 radical (unpaired) electrons. The molecule has 2 aromatic rings. The van der Waals surface area contributed by atoms with Crippen molar-refractivity contribution in [2.75, 3.05) is 0 Å².